The summed E-state index contributed by atoms with van der Waals surface area (Å²) in [6.07, 6.45) is 0.913. The number of carboxylic acid groups (broad SMARTS) is 1. The van der Waals surface area contributed by atoms with E-state index in [1.54, 1.807) is 22.0 Å². The van der Waals surface area contributed by atoms with Crippen LogP contribution in [-0.2, 0) is 13.0 Å². The number of hydrogen-bond acceptors (Lipinski definition) is 3. The topological polar surface area (TPSA) is 75.1 Å². The van der Waals surface area contributed by atoms with Gasteiger partial charge in [0.2, 0.25) is 0 Å². The number of aromatic carboxylic acids is 1. The normalized spacial score (nSPS) is 11.1. The summed E-state index contributed by atoms with van der Waals surface area (Å²) in [6.45, 7) is 2.54. The Morgan fingerprint density at radius 1 is 1.38 bits per heavy atom. The van der Waals surface area contributed by atoms with Crippen LogP contribution in [0.2, 0.25) is 0 Å². The molecule has 3 rings (SSSR count). The quantitative estimate of drug-likeness (QED) is 0.778. The molecule has 6 heteroatoms. The summed E-state index contributed by atoms with van der Waals surface area (Å²) in [5.41, 5.74) is 2.45. The summed E-state index contributed by atoms with van der Waals surface area (Å²) in [4.78, 5) is 27.1. The summed E-state index contributed by atoms with van der Waals surface area (Å²) >= 11 is 1.61. The molecule has 5 nitrogen and oxygen atoms in total. The number of nitrogens with zero attached hydrogens (tertiary/aromatic N) is 1. The largest absolute Gasteiger partial charge is 0.478 e. The van der Waals surface area contributed by atoms with Gasteiger partial charge in [-0.25, -0.2) is 9.59 Å². The van der Waals surface area contributed by atoms with E-state index in [4.69, 9.17) is 5.11 Å². The number of rotatable bonds is 4. The van der Waals surface area contributed by atoms with Crippen molar-refractivity contribution in [3.63, 3.8) is 0 Å². The maximum absolute atomic E-state index is 12.1. The Morgan fingerprint density at radius 2 is 2.19 bits per heavy atom. The smallest absolute Gasteiger partial charge is 0.335 e. The molecular weight excluding hydrogens is 288 g/mol. The highest BCUT2D eigenvalue weighted by Gasteiger charge is 2.12. The molecule has 0 aliphatic rings. The van der Waals surface area contributed by atoms with E-state index in [-0.39, 0.29) is 11.3 Å². The number of aryl methyl sites for hydroxylation is 1. The average Bonchev–Trinajstić information content (AvgIpc) is 3.03. The number of nitrogens with one attached hydrogen (secondary N) is 1. The van der Waals surface area contributed by atoms with Gasteiger partial charge >= 0.3 is 11.7 Å². The molecule has 0 aliphatic carbocycles. The SMILES string of the molecule is CCc1ccsc1Cn1c(=O)[nH]c2ccc(C(=O)O)cc21. The van der Waals surface area contributed by atoms with Crippen LogP contribution >= 0.6 is 11.3 Å². The highest BCUT2D eigenvalue weighted by molar-refractivity contribution is 7.10. The van der Waals surface area contributed by atoms with Crippen LogP contribution < -0.4 is 5.69 Å². The van der Waals surface area contributed by atoms with Crippen molar-refractivity contribution in [2.24, 2.45) is 0 Å². The summed E-state index contributed by atoms with van der Waals surface area (Å²) in [5.74, 6) is -0.998. The maximum Gasteiger partial charge on any atom is 0.335 e. The van der Waals surface area contributed by atoms with E-state index < -0.39 is 5.97 Å². The minimum atomic E-state index is -0.998. The lowest BCUT2D eigenvalue weighted by molar-refractivity contribution is 0.0697. The van der Waals surface area contributed by atoms with Crippen LogP contribution in [0.4, 0.5) is 0 Å². The van der Waals surface area contributed by atoms with E-state index in [0.717, 1.165) is 11.3 Å². The first kappa shape index (κ1) is 13.6. The standard InChI is InChI=1S/C15H14N2O3S/c1-2-9-5-6-21-13(9)8-17-12-7-10(14(18)19)3-4-11(12)16-15(17)20/h3-7H,2,8H2,1H3,(H,16,20)(H,18,19). The third-order valence-electron chi connectivity index (χ3n) is 3.54. The fraction of sp³-hybridized carbons (Fsp3) is 0.200. The number of H-pyrrole nitrogens is 1. The predicted octanol–water partition coefficient (Wildman–Crippen LogP) is 2.70. The second kappa shape index (κ2) is 5.21. The van der Waals surface area contributed by atoms with Gasteiger partial charge in [-0.05, 0) is 41.6 Å². The number of thiophene rings is 1. The van der Waals surface area contributed by atoms with E-state index in [1.807, 2.05) is 5.38 Å². The molecule has 0 aliphatic heterocycles. The van der Waals surface area contributed by atoms with Gasteiger partial charge in [-0.2, -0.15) is 0 Å². The van der Waals surface area contributed by atoms with Crippen LogP contribution in [0.5, 0.6) is 0 Å². The first-order valence-corrected chi connectivity index (χ1v) is 7.49. The molecule has 0 saturated carbocycles. The van der Waals surface area contributed by atoms with E-state index in [2.05, 4.69) is 18.0 Å². The molecule has 2 heterocycles. The van der Waals surface area contributed by atoms with Gasteiger partial charge in [0.15, 0.2) is 0 Å². The molecule has 0 unspecified atom stereocenters. The number of benzene rings is 1. The van der Waals surface area contributed by atoms with Crippen molar-refractivity contribution in [1.82, 2.24) is 9.55 Å². The van der Waals surface area contributed by atoms with Gasteiger partial charge in [0.05, 0.1) is 23.1 Å². The number of carbonyl (C=O) groups is 1. The van der Waals surface area contributed by atoms with Gasteiger partial charge in [-0.3, -0.25) is 4.57 Å². The minimum Gasteiger partial charge on any atom is -0.478 e. The third kappa shape index (κ3) is 2.38. The first-order chi connectivity index (χ1) is 10.1. The molecule has 0 radical (unpaired) electrons. The zero-order valence-electron chi connectivity index (χ0n) is 11.4. The van der Waals surface area contributed by atoms with Crippen molar-refractivity contribution < 1.29 is 9.90 Å². The number of imidazole rings is 1. The van der Waals surface area contributed by atoms with Crippen molar-refractivity contribution in [3.05, 3.63) is 56.1 Å². The zero-order valence-corrected chi connectivity index (χ0v) is 12.2. The lowest BCUT2D eigenvalue weighted by Gasteiger charge is -2.04. The van der Waals surface area contributed by atoms with Gasteiger partial charge in [-0.1, -0.05) is 6.92 Å². The molecule has 0 fully saturated rings. The summed E-state index contributed by atoms with van der Waals surface area (Å²) in [6, 6.07) is 6.72. The maximum atomic E-state index is 12.1. The van der Waals surface area contributed by atoms with Gasteiger partial charge in [0.1, 0.15) is 0 Å². The van der Waals surface area contributed by atoms with Crippen LogP contribution in [0.25, 0.3) is 11.0 Å². The number of aromatic amines is 1. The summed E-state index contributed by atoms with van der Waals surface area (Å²) in [5, 5.41) is 11.1. The Bertz CT molecular complexity index is 873. The van der Waals surface area contributed by atoms with Crippen molar-refractivity contribution in [2.75, 3.05) is 0 Å². The molecular formula is C15H14N2O3S. The van der Waals surface area contributed by atoms with Gasteiger partial charge in [0, 0.05) is 4.88 Å². The molecule has 2 aromatic heterocycles. The van der Waals surface area contributed by atoms with Gasteiger partial charge in [0.25, 0.3) is 0 Å². The van der Waals surface area contributed by atoms with Crippen molar-refractivity contribution >= 4 is 28.3 Å². The van der Waals surface area contributed by atoms with E-state index in [9.17, 15) is 9.59 Å². The fourth-order valence-corrected chi connectivity index (χ4v) is 3.37. The van der Waals surface area contributed by atoms with E-state index in [1.165, 1.54) is 17.7 Å². The molecule has 1 aromatic carbocycles. The minimum absolute atomic E-state index is 0.178. The molecule has 0 atom stereocenters. The summed E-state index contributed by atoms with van der Waals surface area (Å²) < 4.78 is 1.59. The van der Waals surface area contributed by atoms with E-state index in [0.29, 0.717) is 17.6 Å². The molecule has 0 bridgehead atoms. The average molecular weight is 302 g/mol. The molecule has 0 saturated heterocycles. The lowest BCUT2D eigenvalue weighted by atomic mass is 10.2. The number of carboxylic acids is 1. The lowest BCUT2D eigenvalue weighted by Crippen LogP contribution is -2.17. The molecule has 3 aromatic rings. The molecule has 2 N–H and O–H groups in total. The zero-order chi connectivity index (χ0) is 15.0. The molecule has 0 amide bonds. The third-order valence-corrected chi connectivity index (χ3v) is 4.49. The number of fused-ring (bicyclic) bond motifs is 1. The Morgan fingerprint density at radius 3 is 2.90 bits per heavy atom. The molecule has 108 valence electrons. The van der Waals surface area contributed by atoms with Crippen LogP contribution in [0.15, 0.2) is 34.4 Å². The highest BCUT2D eigenvalue weighted by atomic mass is 32.1. The van der Waals surface area contributed by atoms with Crippen LogP contribution in [0, 0.1) is 0 Å². The van der Waals surface area contributed by atoms with Crippen molar-refractivity contribution in [1.29, 1.82) is 0 Å². The van der Waals surface area contributed by atoms with Gasteiger partial charge in [-0.15, -0.1) is 11.3 Å². The van der Waals surface area contributed by atoms with Gasteiger partial charge < -0.3 is 10.1 Å². The fourth-order valence-electron chi connectivity index (χ4n) is 2.41. The second-order valence-corrected chi connectivity index (χ2v) is 5.78. The Kier molecular flexibility index (Phi) is 3.39. The second-order valence-electron chi connectivity index (χ2n) is 4.78. The molecule has 0 spiro atoms. The molecule has 21 heavy (non-hydrogen) atoms. The van der Waals surface area contributed by atoms with Crippen LogP contribution in [0.1, 0.15) is 27.7 Å². The number of hydrogen-bond donors (Lipinski definition) is 2. The van der Waals surface area contributed by atoms with Crippen LogP contribution in [0.3, 0.4) is 0 Å². The predicted molar refractivity (Wildman–Crippen MR) is 82.3 cm³/mol. The van der Waals surface area contributed by atoms with Crippen molar-refractivity contribution in [2.45, 2.75) is 19.9 Å². The summed E-state index contributed by atoms with van der Waals surface area (Å²) in [7, 11) is 0. The van der Waals surface area contributed by atoms with Crippen LogP contribution in [-0.4, -0.2) is 20.6 Å². The highest BCUT2D eigenvalue weighted by Crippen LogP contribution is 2.20. The Balaban J connectivity index is 2.13. The van der Waals surface area contributed by atoms with E-state index >= 15 is 0 Å². The number of aromatic nitrogens is 2. The Labute approximate surface area is 124 Å². The van der Waals surface area contributed by atoms with Crippen molar-refractivity contribution in [3.8, 4) is 0 Å². The monoisotopic (exact) mass is 302 g/mol. The first-order valence-electron chi connectivity index (χ1n) is 6.61. The Hall–Kier alpha value is -2.34.